The van der Waals surface area contributed by atoms with Crippen LogP contribution < -0.4 is 5.32 Å². The maximum atomic E-state index is 10.6. The quantitative estimate of drug-likeness (QED) is 0.297. The summed E-state index contributed by atoms with van der Waals surface area (Å²) in [4.78, 5) is 2.39. The van der Waals surface area contributed by atoms with Gasteiger partial charge in [0, 0.05) is 30.7 Å². The van der Waals surface area contributed by atoms with Crippen molar-refractivity contribution in [1.82, 2.24) is 10.2 Å². The molecule has 0 fully saturated rings. The van der Waals surface area contributed by atoms with Crippen LogP contribution >= 0.6 is 0 Å². The van der Waals surface area contributed by atoms with Gasteiger partial charge in [0.25, 0.3) is 0 Å². The lowest BCUT2D eigenvalue weighted by Gasteiger charge is -2.28. The van der Waals surface area contributed by atoms with Crippen molar-refractivity contribution in [3.8, 4) is 5.75 Å². The molecule has 0 saturated carbocycles. The van der Waals surface area contributed by atoms with E-state index in [1.165, 1.54) is 22.8 Å². The van der Waals surface area contributed by atoms with Crippen LogP contribution in [0.15, 0.2) is 72.8 Å². The van der Waals surface area contributed by atoms with E-state index in [0.29, 0.717) is 17.7 Å². The molecule has 3 aromatic carbocycles. The molecule has 1 atom stereocenters. The van der Waals surface area contributed by atoms with Crippen LogP contribution in [0.2, 0.25) is 0 Å². The highest BCUT2D eigenvalue weighted by molar-refractivity contribution is 5.36. The number of hydrogen-bond donors (Lipinski definition) is 4. The first kappa shape index (κ1) is 26.9. The molecule has 5 heteroatoms. The third-order valence-electron chi connectivity index (χ3n) is 6.48. The highest BCUT2D eigenvalue weighted by Gasteiger charge is 2.20. The Morgan fingerprint density at radius 3 is 2.23 bits per heavy atom. The smallest absolute Gasteiger partial charge is 0.121 e. The van der Waals surface area contributed by atoms with Gasteiger partial charge in [0.15, 0.2) is 0 Å². The zero-order chi connectivity index (χ0) is 25.3. The Labute approximate surface area is 210 Å². The van der Waals surface area contributed by atoms with E-state index in [1.54, 1.807) is 12.1 Å². The average Bonchev–Trinajstić information content (AvgIpc) is 2.85. The molecule has 0 aliphatic rings. The maximum Gasteiger partial charge on any atom is 0.121 e. The number of phenols is 1. The van der Waals surface area contributed by atoms with Crippen LogP contribution in [0.3, 0.4) is 0 Å². The summed E-state index contributed by atoms with van der Waals surface area (Å²) in [6.07, 6.45) is 2.20. The summed E-state index contributed by atoms with van der Waals surface area (Å²) in [6, 6.07) is 24.2. The van der Waals surface area contributed by atoms with Crippen molar-refractivity contribution in [1.29, 1.82) is 0 Å². The van der Waals surface area contributed by atoms with Crippen LogP contribution in [0.4, 0.5) is 0 Å². The fraction of sp³-hybridized carbons (Fsp3) is 0.400. The van der Waals surface area contributed by atoms with E-state index in [-0.39, 0.29) is 17.9 Å². The van der Waals surface area contributed by atoms with Gasteiger partial charge in [0.1, 0.15) is 5.75 Å². The number of nitrogens with one attached hydrogen (secondary N) is 1. The molecular formula is C30H40N2O3. The molecule has 0 unspecified atom stereocenters. The Hall–Kier alpha value is -2.70. The van der Waals surface area contributed by atoms with Gasteiger partial charge in [-0.05, 0) is 74.5 Å². The van der Waals surface area contributed by atoms with Crippen molar-refractivity contribution in [3.63, 3.8) is 0 Å². The number of aliphatic hydroxyl groups excluding tert-OH is 2. The number of benzene rings is 3. The number of aromatic hydroxyl groups is 1. The van der Waals surface area contributed by atoms with Gasteiger partial charge < -0.3 is 25.5 Å². The molecule has 0 radical (unpaired) electrons. The molecule has 35 heavy (non-hydrogen) atoms. The number of hydrogen-bond acceptors (Lipinski definition) is 5. The topological polar surface area (TPSA) is 76.0 Å². The van der Waals surface area contributed by atoms with Crippen LogP contribution in [-0.4, -0.2) is 52.4 Å². The lowest BCUT2D eigenvalue weighted by atomic mass is 9.93. The highest BCUT2D eigenvalue weighted by Crippen LogP contribution is 2.23. The average molecular weight is 477 g/mol. The Balaban J connectivity index is 1.48. The molecule has 0 saturated heterocycles. The maximum absolute atomic E-state index is 10.6. The summed E-state index contributed by atoms with van der Waals surface area (Å²) in [5, 5.41) is 33.2. The summed E-state index contributed by atoms with van der Waals surface area (Å²) in [5.41, 5.74) is 4.87. The van der Waals surface area contributed by atoms with E-state index in [4.69, 9.17) is 0 Å². The molecular weight excluding hydrogens is 436 g/mol. The van der Waals surface area contributed by atoms with Gasteiger partial charge in [0.2, 0.25) is 0 Å². The number of aliphatic hydroxyl groups is 2. The Bertz CT molecular complexity index is 1050. The molecule has 3 rings (SSSR count). The van der Waals surface area contributed by atoms with Crippen LogP contribution in [0.5, 0.6) is 5.75 Å². The van der Waals surface area contributed by atoms with Crippen molar-refractivity contribution in [2.24, 2.45) is 0 Å². The standard InChI is InChI=1S/C30H40N2O3/c1-30(2,31-21-29(35)26-12-13-28(34)27(19-26)22-33)20-25-11-7-10-24(18-25)15-17-32(3)16-14-23-8-5-4-6-9-23/h4-13,18-19,29,31,33-35H,14-17,20-22H2,1-3H3/t29-/m0/s1. The van der Waals surface area contributed by atoms with Crippen molar-refractivity contribution in [2.45, 2.75) is 51.4 Å². The Morgan fingerprint density at radius 2 is 1.51 bits per heavy atom. The zero-order valence-corrected chi connectivity index (χ0v) is 21.2. The monoisotopic (exact) mass is 476 g/mol. The largest absolute Gasteiger partial charge is 0.508 e. The number of rotatable bonds is 13. The molecule has 0 aliphatic carbocycles. The predicted octanol–water partition coefficient (Wildman–Crippen LogP) is 4.25. The third-order valence-corrected chi connectivity index (χ3v) is 6.48. The molecule has 3 aromatic rings. The summed E-state index contributed by atoms with van der Waals surface area (Å²) in [7, 11) is 2.18. The van der Waals surface area contributed by atoms with Crippen LogP contribution in [0, 0.1) is 0 Å². The summed E-state index contributed by atoms with van der Waals surface area (Å²) in [6.45, 7) is 6.47. The number of nitrogens with zero attached hydrogens (tertiary/aromatic N) is 1. The predicted molar refractivity (Wildman–Crippen MR) is 143 cm³/mol. The van der Waals surface area contributed by atoms with E-state index in [9.17, 15) is 15.3 Å². The second-order valence-corrected chi connectivity index (χ2v) is 10.1. The van der Waals surface area contributed by atoms with E-state index < -0.39 is 6.10 Å². The van der Waals surface area contributed by atoms with Crippen LogP contribution in [0.25, 0.3) is 0 Å². The van der Waals surface area contributed by atoms with Gasteiger partial charge in [-0.2, -0.15) is 0 Å². The molecule has 188 valence electrons. The van der Waals surface area contributed by atoms with Gasteiger partial charge in [-0.1, -0.05) is 60.7 Å². The Morgan fingerprint density at radius 1 is 0.857 bits per heavy atom. The highest BCUT2D eigenvalue weighted by atomic mass is 16.3. The second kappa shape index (κ2) is 12.8. The molecule has 0 bridgehead atoms. The van der Waals surface area contributed by atoms with Gasteiger partial charge in [0.05, 0.1) is 12.7 Å². The molecule has 0 aromatic heterocycles. The van der Waals surface area contributed by atoms with E-state index in [1.807, 2.05) is 0 Å². The molecule has 0 amide bonds. The zero-order valence-electron chi connectivity index (χ0n) is 21.2. The van der Waals surface area contributed by atoms with Crippen molar-refractivity contribution >= 4 is 0 Å². The second-order valence-electron chi connectivity index (χ2n) is 10.1. The molecule has 0 aliphatic heterocycles. The molecule has 0 heterocycles. The summed E-state index contributed by atoms with van der Waals surface area (Å²) >= 11 is 0. The lowest BCUT2D eigenvalue weighted by Crippen LogP contribution is -2.43. The van der Waals surface area contributed by atoms with Gasteiger partial charge in [-0.15, -0.1) is 0 Å². The molecule has 0 spiro atoms. The number of likely N-dealkylation sites (N-methyl/N-ethyl adjacent to an activating group) is 1. The Kier molecular flexibility index (Phi) is 9.87. The van der Waals surface area contributed by atoms with E-state index in [2.05, 4.69) is 85.7 Å². The first-order valence-corrected chi connectivity index (χ1v) is 12.4. The normalized spacial score (nSPS) is 12.7. The van der Waals surface area contributed by atoms with Gasteiger partial charge in [-0.25, -0.2) is 0 Å². The third kappa shape index (κ3) is 8.79. The fourth-order valence-electron chi connectivity index (χ4n) is 4.29. The summed E-state index contributed by atoms with van der Waals surface area (Å²) in [5.74, 6) is 0.0407. The van der Waals surface area contributed by atoms with Gasteiger partial charge >= 0.3 is 0 Å². The SMILES string of the molecule is CN(CCc1ccccc1)CCc1cccc(CC(C)(C)NC[C@H](O)c2ccc(O)c(CO)c2)c1. The summed E-state index contributed by atoms with van der Waals surface area (Å²) < 4.78 is 0. The van der Waals surface area contributed by atoms with E-state index >= 15 is 0 Å². The minimum Gasteiger partial charge on any atom is -0.508 e. The van der Waals surface area contributed by atoms with Crippen LogP contribution in [-0.2, 0) is 25.9 Å². The minimum atomic E-state index is -0.724. The van der Waals surface area contributed by atoms with Crippen molar-refractivity contribution in [3.05, 3.63) is 101 Å². The van der Waals surface area contributed by atoms with E-state index in [0.717, 1.165) is 32.4 Å². The fourth-order valence-corrected chi connectivity index (χ4v) is 4.29. The first-order chi connectivity index (χ1) is 16.8. The van der Waals surface area contributed by atoms with Gasteiger partial charge in [-0.3, -0.25) is 0 Å². The first-order valence-electron chi connectivity index (χ1n) is 12.4. The van der Waals surface area contributed by atoms with Crippen molar-refractivity contribution in [2.75, 3.05) is 26.7 Å². The van der Waals surface area contributed by atoms with Crippen molar-refractivity contribution < 1.29 is 15.3 Å². The molecule has 4 N–H and O–H groups in total. The lowest BCUT2D eigenvalue weighted by molar-refractivity contribution is 0.160. The number of β-amino-alcohol motifs (C(OH)–C–C–N with tert-alkyl or cyclic N) is 1. The minimum absolute atomic E-state index is 0.0407. The van der Waals surface area contributed by atoms with Crippen LogP contribution in [0.1, 0.15) is 47.8 Å². The molecule has 5 nitrogen and oxygen atoms in total.